The SMILES string of the molecule is CN(/N=C/c1ccc(C(=O)O)cc1)C1=NCCCCN1.I. The van der Waals surface area contributed by atoms with Gasteiger partial charge in [0.1, 0.15) is 0 Å². The Kier molecular flexibility index (Phi) is 7.13. The monoisotopic (exact) mass is 402 g/mol. The number of guanidine groups is 1. The summed E-state index contributed by atoms with van der Waals surface area (Å²) in [6.07, 6.45) is 3.88. The van der Waals surface area contributed by atoms with Gasteiger partial charge in [-0.15, -0.1) is 24.0 Å². The van der Waals surface area contributed by atoms with Crippen molar-refractivity contribution in [2.45, 2.75) is 12.8 Å². The molecule has 0 aromatic heterocycles. The van der Waals surface area contributed by atoms with E-state index in [1.807, 2.05) is 7.05 Å². The molecule has 0 aliphatic carbocycles. The molecule has 1 aliphatic rings. The molecule has 0 bridgehead atoms. The van der Waals surface area contributed by atoms with Crippen LogP contribution in [0.4, 0.5) is 0 Å². The first kappa shape index (κ1) is 17.4. The van der Waals surface area contributed by atoms with Gasteiger partial charge < -0.3 is 10.4 Å². The highest BCUT2D eigenvalue weighted by atomic mass is 127. The molecule has 1 aromatic carbocycles. The first-order valence-corrected chi connectivity index (χ1v) is 6.56. The van der Waals surface area contributed by atoms with E-state index in [0.717, 1.165) is 37.5 Å². The van der Waals surface area contributed by atoms with Crippen LogP contribution in [0.2, 0.25) is 0 Å². The van der Waals surface area contributed by atoms with E-state index in [9.17, 15) is 4.79 Å². The van der Waals surface area contributed by atoms with Gasteiger partial charge in [-0.3, -0.25) is 4.99 Å². The molecule has 2 N–H and O–H groups in total. The zero-order valence-corrected chi connectivity index (χ0v) is 14.2. The predicted octanol–water partition coefficient (Wildman–Crippen LogP) is 2.01. The second-order valence-corrected chi connectivity index (χ2v) is 4.53. The van der Waals surface area contributed by atoms with E-state index in [4.69, 9.17) is 5.11 Å². The fraction of sp³-hybridized carbons (Fsp3) is 0.357. The van der Waals surface area contributed by atoms with Gasteiger partial charge in [0, 0.05) is 20.1 Å². The topological polar surface area (TPSA) is 77.3 Å². The molecule has 0 unspecified atom stereocenters. The van der Waals surface area contributed by atoms with Crippen molar-refractivity contribution in [3.05, 3.63) is 35.4 Å². The van der Waals surface area contributed by atoms with Crippen molar-refractivity contribution in [3.63, 3.8) is 0 Å². The third-order valence-electron chi connectivity index (χ3n) is 2.97. The van der Waals surface area contributed by atoms with E-state index in [2.05, 4.69) is 15.4 Å². The molecule has 1 aliphatic heterocycles. The fourth-order valence-corrected chi connectivity index (χ4v) is 1.81. The zero-order chi connectivity index (χ0) is 14.4. The Hall–Kier alpha value is -1.64. The molecule has 0 saturated carbocycles. The second-order valence-electron chi connectivity index (χ2n) is 4.53. The average molecular weight is 402 g/mol. The summed E-state index contributed by atoms with van der Waals surface area (Å²) in [5.74, 6) is -0.163. The summed E-state index contributed by atoms with van der Waals surface area (Å²) in [6, 6.07) is 6.57. The number of nitrogens with one attached hydrogen (secondary N) is 1. The summed E-state index contributed by atoms with van der Waals surface area (Å²) in [5.41, 5.74) is 1.11. The highest BCUT2D eigenvalue weighted by Gasteiger charge is 2.06. The number of aliphatic imine (C=N–C) groups is 1. The van der Waals surface area contributed by atoms with Crippen LogP contribution < -0.4 is 5.32 Å². The lowest BCUT2D eigenvalue weighted by Gasteiger charge is -2.15. The number of carbonyl (C=O) groups is 1. The Balaban J connectivity index is 0.00000220. The number of halogens is 1. The van der Waals surface area contributed by atoms with E-state index in [-0.39, 0.29) is 29.5 Å². The van der Waals surface area contributed by atoms with Crippen molar-refractivity contribution in [1.82, 2.24) is 10.3 Å². The molecule has 0 spiro atoms. The third-order valence-corrected chi connectivity index (χ3v) is 2.97. The number of hydrogen-bond acceptors (Lipinski definition) is 5. The van der Waals surface area contributed by atoms with E-state index >= 15 is 0 Å². The minimum absolute atomic E-state index is 0. The number of aromatic carboxylic acids is 1. The van der Waals surface area contributed by atoms with Gasteiger partial charge in [-0.2, -0.15) is 5.10 Å². The molecule has 0 amide bonds. The average Bonchev–Trinajstić information content (AvgIpc) is 2.74. The molecule has 1 heterocycles. The van der Waals surface area contributed by atoms with Gasteiger partial charge in [0.15, 0.2) is 0 Å². The molecule has 114 valence electrons. The van der Waals surface area contributed by atoms with Gasteiger partial charge in [-0.05, 0) is 30.5 Å². The molecule has 0 radical (unpaired) electrons. The number of carboxylic acid groups (broad SMARTS) is 1. The molecule has 0 atom stereocenters. The summed E-state index contributed by atoms with van der Waals surface area (Å²) < 4.78 is 0. The molecule has 1 aromatic rings. The van der Waals surface area contributed by atoms with Crippen LogP contribution >= 0.6 is 24.0 Å². The van der Waals surface area contributed by atoms with E-state index in [1.54, 1.807) is 35.5 Å². The van der Waals surface area contributed by atoms with Crippen LogP contribution in [0.1, 0.15) is 28.8 Å². The minimum atomic E-state index is -0.928. The van der Waals surface area contributed by atoms with E-state index in [1.165, 1.54) is 0 Å². The standard InChI is InChI=1S/C14H18N4O2.HI/c1-18(14-15-8-2-3-9-16-14)17-10-11-4-6-12(7-5-11)13(19)20;/h4-7,10H,2-3,8-9H2,1H3,(H,15,16)(H,19,20);1H/b17-10+;. The first-order chi connectivity index (χ1) is 9.66. The Bertz CT molecular complexity index is 528. The van der Waals surface area contributed by atoms with Crippen molar-refractivity contribution < 1.29 is 9.90 Å². The molecular weight excluding hydrogens is 383 g/mol. The van der Waals surface area contributed by atoms with Crippen LogP contribution in [0.3, 0.4) is 0 Å². The lowest BCUT2D eigenvalue weighted by Crippen LogP contribution is -2.35. The number of nitrogens with zero attached hydrogens (tertiary/aromatic N) is 3. The Labute approximate surface area is 141 Å². The number of hydrogen-bond donors (Lipinski definition) is 2. The van der Waals surface area contributed by atoms with Crippen LogP contribution in [-0.2, 0) is 0 Å². The number of carboxylic acids is 1. The minimum Gasteiger partial charge on any atom is -0.478 e. The van der Waals surface area contributed by atoms with E-state index in [0.29, 0.717) is 0 Å². The Morgan fingerprint density at radius 1 is 1.38 bits per heavy atom. The van der Waals surface area contributed by atoms with Crippen LogP contribution in [-0.4, -0.2) is 48.4 Å². The zero-order valence-electron chi connectivity index (χ0n) is 11.8. The van der Waals surface area contributed by atoms with Crippen LogP contribution in [0.15, 0.2) is 34.4 Å². The summed E-state index contributed by atoms with van der Waals surface area (Å²) in [5, 5.41) is 18.0. The number of benzene rings is 1. The molecule has 7 heteroatoms. The summed E-state index contributed by atoms with van der Waals surface area (Å²) in [6.45, 7) is 1.72. The molecule has 0 saturated heterocycles. The lowest BCUT2D eigenvalue weighted by molar-refractivity contribution is 0.0697. The first-order valence-electron chi connectivity index (χ1n) is 6.56. The van der Waals surface area contributed by atoms with Crippen molar-refractivity contribution >= 4 is 42.1 Å². The van der Waals surface area contributed by atoms with Gasteiger partial charge >= 0.3 is 5.97 Å². The molecular formula is C14H19IN4O2. The summed E-state index contributed by atoms with van der Waals surface area (Å²) in [7, 11) is 1.83. The van der Waals surface area contributed by atoms with Crippen LogP contribution in [0, 0.1) is 0 Å². The largest absolute Gasteiger partial charge is 0.478 e. The lowest BCUT2D eigenvalue weighted by atomic mass is 10.1. The third kappa shape index (κ3) is 5.33. The molecule has 21 heavy (non-hydrogen) atoms. The van der Waals surface area contributed by atoms with Gasteiger partial charge in [0.25, 0.3) is 0 Å². The normalized spacial score (nSPS) is 14.6. The quantitative estimate of drug-likeness (QED) is 0.461. The Morgan fingerprint density at radius 2 is 2.10 bits per heavy atom. The Morgan fingerprint density at radius 3 is 2.76 bits per heavy atom. The summed E-state index contributed by atoms with van der Waals surface area (Å²) >= 11 is 0. The van der Waals surface area contributed by atoms with Crippen molar-refractivity contribution in [3.8, 4) is 0 Å². The predicted molar refractivity (Wildman–Crippen MR) is 93.7 cm³/mol. The highest BCUT2D eigenvalue weighted by Crippen LogP contribution is 2.03. The number of rotatable bonds is 3. The van der Waals surface area contributed by atoms with E-state index < -0.39 is 5.97 Å². The van der Waals surface area contributed by atoms with Gasteiger partial charge in [0.2, 0.25) is 5.96 Å². The fourth-order valence-electron chi connectivity index (χ4n) is 1.81. The molecule has 6 nitrogen and oxygen atoms in total. The molecule has 0 fully saturated rings. The number of hydrazone groups is 1. The summed E-state index contributed by atoms with van der Waals surface area (Å²) in [4.78, 5) is 15.2. The molecule has 2 rings (SSSR count). The maximum Gasteiger partial charge on any atom is 0.335 e. The van der Waals surface area contributed by atoms with Gasteiger partial charge in [-0.25, -0.2) is 9.80 Å². The smallest absolute Gasteiger partial charge is 0.335 e. The van der Waals surface area contributed by atoms with Crippen molar-refractivity contribution in [2.24, 2.45) is 10.1 Å². The highest BCUT2D eigenvalue weighted by molar-refractivity contribution is 14.0. The maximum absolute atomic E-state index is 10.8. The van der Waals surface area contributed by atoms with Crippen LogP contribution in [0.25, 0.3) is 0 Å². The van der Waals surface area contributed by atoms with Crippen molar-refractivity contribution in [1.29, 1.82) is 0 Å². The van der Waals surface area contributed by atoms with Gasteiger partial charge in [-0.1, -0.05) is 12.1 Å². The van der Waals surface area contributed by atoms with Crippen molar-refractivity contribution in [2.75, 3.05) is 20.1 Å². The van der Waals surface area contributed by atoms with Crippen LogP contribution in [0.5, 0.6) is 0 Å². The maximum atomic E-state index is 10.8. The second kappa shape index (κ2) is 8.60. The van der Waals surface area contributed by atoms with Gasteiger partial charge in [0.05, 0.1) is 11.8 Å².